The number of hydrogen-bond donors (Lipinski definition) is 1. The zero-order chi connectivity index (χ0) is 11.7. The van der Waals surface area contributed by atoms with Crippen LogP contribution in [-0.4, -0.2) is 19.6 Å². The van der Waals surface area contributed by atoms with Crippen molar-refractivity contribution in [1.29, 1.82) is 0 Å². The summed E-state index contributed by atoms with van der Waals surface area (Å²) in [7, 11) is 3.89. The first-order valence-electron chi connectivity index (χ1n) is 5.29. The molecule has 0 spiro atoms. The van der Waals surface area contributed by atoms with Gasteiger partial charge in [-0.15, -0.1) is 12.4 Å². The standard InChI is InChI=1S/C11H17N5.ClH/c1-8-5-13-16(4)11(8)12-6-10-7-14-15(3)9(10)2;/h5,7,12H,6H2,1-4H3;1H. The van der Waals surface area contributed by atoms with Gasteiger partial charge in [0.15, 0.2) is 0 Å². The van der Waals surface area contributed by atoms with Crippen molar-refractivity contribution < 1.29 is 0 Å². The lowest BCUT2D eigenvalue weighted by atomic mass is 10.2. The summed E-state index contributed by atoms with van der Waals surface area (Å²) in [5.74, 6) is 1.06. The van der Waals surface area contributed by atoms with Crippen LogP contribution >= 0.6 is 12.4 Å². The smallest absolute Gasteiger partial charge is 0.127 e. The molecule has 0 saturated heterocycles. The van der Waals surface area contributed by atoms with Crippen LogP contribution in [0.4, 0.5) is 5.82 Å². The van der Waals surface area contributed by atoms with Gasteiger partial charge in [-0.05, 0) is 13.8 Å². The third-order valence-electron chi connectivity index (χ3n) is 2.90. The Morgan fingerprint density at radius 3 is 2.24 bits per heavy atom. The SMILES string of the molecule is Cc1cnn(C)c1NCc1cnn(C)c1C.Cl. The lowest BCUT2D eigenvalue weighted by Crippen LogP contribution is -2.06. The topological polar surface area (TPSA) is 47.7 Å². The summed E-state index contributed by atoms with van der Waals surface area (Å²) in [6.45, 7) is 4.89. The quantitative estimate of drug-likeness (QED) is 0.910. The minimum absolute atomic E-state index is 0. The summed E-state index contributed by atoms with van der Waals surface area (Å²) >= 11 is 0. The Bertz CT molecular complexity index is 480. The Hall–Kier alpha value is -1.49. The van der Waals surface area contributed by atoms with Crippen LogP contribution in [0.3, 0.4) is 0 Å². The van der Waals surface area contributed by atoms with E-state index in [0.717, 1.165) is 17.9 Å². The molecule has 17 heavy (non-hydrogen) atoms. The Morgan fingerprint density at radius 1 is 1.12 bits per heavy atom. The molecule has 0 aromatic carbocycles. The number of halogens is 1. The third kappa shape index (κ3) is 2.61. The molecule has 0 amide bonds. The van der Waals surface area contributed by atoms with Crippen molar-refractivity contribution in [2.45, 2.75) is 20.4 Å². The van der Waals surface area contributed by atoms with Crippen LogP contribution in [-0.2, 0) is 20.6 Å². The van der Waals surface area contributed by atoms with Crippen LogP contribution in [0, 0.1) is 13.8 Å². The van der Waals surface area contributed by atoms with Crippen LogP contribution in [0.1, 0.15) is 16.8 Å². The molecule has 0 aliphatic carbocycles. The number of anilines is 1. The first-order valence-corrected chi connectivity index (χ1v) is 5.29. The second kappa shape index (κ2) is 5.23. The molecule has 0 radical (unpaired) electrons. The Labute approximate surface area is 107 Å². The molecule has 2 aromatic rings. The lowest BCUT2D eigenvalue weighted by Gasteiger charge is -2.07. The van der Waals surface area contributed by atoms with Gasteiger partial charge in [-0.3, -0.25) is 9.36 Å². The molecule has 0 bridgehead atoms. The molecule has 0 aliphatic rings. The average molecular weight is 256 g/mol. The highest BCUT2D eigenvalue weighted by Crippen LogP contribution is 2.14. The molecule has 5 nitrogen and oxygen atoms in total. The summed E-state index contributed by atoms with van der Waals surface area (Å²) in [5, 5.41) is 11.8. The minimum atomic E-state index is 0. The first kappa shape index (κ1) is 13.6. The molecule has 0 atom stereocenters. The van der Waals surface area contributed by atoms with E-state index < -0.39 is 0 Å². The lowest BCUT2D eigenvalue weighted by molar-refractivity contribution is 0.737. The second-order valence-electron chi connectivity index (χ2n) is 4.03. The van der Waals surface area contributed by atoms with Crippen LogP contribution in [0.25, 0.3) is 0 Å². The molecule has 2 rings (SSSR count). The van der Waals surface area contributed by atoms with E-state index in [4.69, 9.17) is 0 Å². The summed E-state index contributed by atoms with van der Waals surface area (Å²) in [5.41, 5.74) is 3.56. The van der Waals surface area contributed by atoms with Crippen molar-refractivity contribution in [3.8, 4) is 0 Å². The largest absolute Gasteiger partial charge is 0.366 e. The molecule has 0 saturated carbocycles. The van der Waals surface area contributed by atoms with Crippen molar-refractivity contribution >= 4 is 18.2 Å². The van der Waals surface area contributed by atoms with E-state index in [0.29, 0.717) is 0 Å². The fourth-order valence-corrected chi connectivity index (χ4v) is 1.70. The predicted molar refractivity (Wildman–Crippen MR) is 70.5 cm³/mol. The van der Waals surface area contributed by atoms with Crippen molar-refractivity contribution in [3.05, 3.63) is 29.2 Å². The molecule has 0 unspecified atom stereocenters. The fraction of sp³-hybridized carbons (Fsp3) is 0.455. The van der Waals surface area contributed by atoms with Crippen molar-refractivity contribution in [1.82, 2.24) is 19.6 Å². The van der Waals surface area contributed by atoms with Crippen molar-refractivity contribution in [3.63, 3.8) is 0 Å². The van der Waals surface area contributed by atoms with Crippen molar-refractivity contribution in [2.24, 2.45) is 14.1 Å². The van der Waals surface area contributed by atoms with Gasteiger partial charge >= 0.3 is 0 Å². The maximum atomic E-state index is 4.22. The number of nitrogens with one attached hydrogen (secondary N) is 1. The Kier molecular flexibility index (Phi) is 4.17. The number of aromatic nitrogens is 4. The zero-order valence-electron chi connectivity index (χ0n) is 10.6. The van der Waals surface area contributed by atoms with Gasteiger partial charge in [-0.2, -0.15) is 10.2 Å². The van der Waals surface area contributed by atoms with Gasteiger partial charge < -0.3 is 5.32 Å². The van der Waals surface area contributed by atoms with Crippen molar-refractivity contribution in [2.75, 3.05) is 5.32 Å². The van der Waals surface area contributed by atoms with Gasteiger partial charge in [0.2, 0.25) is 0 Å². The number of nitrogens with zero attached hydrogens (tertiary/aromatic N) is 4. The third-order valence-corrected chi connectivity index (χ3v) is 2.90. The van der Waals surface area contributed by atoms with Gasteiger partial charge in [0.25, 0.3) is 0 Å². The molecule has 94 valence electrons. The van der Waals surface area contributed by atoms with Crippen LogP contribution in [0.15, 0.2) is 12.4 Å². The molecule has 2 aromatic heterocycles. The highest BCUT2D eigenvalue weighted by atomic mass is 35.5. The molecule has 1 N–H and O–H groups in total. The number of hydrogen-bond acceptors (Lipinski definition) is 3. The normalized spacial score (nSPS) is 10.1. The predicted octanol–water partition coefficient (Wildman–Crippen LogP) is 1.80. The Morgan fingerprint density at radius 2 is 1.76 bits per heavy atom. The van der Waals surface area contributed by atoms with Gasteiger partial charge in [0, 0.05) is 37.5 Å². The highest BCUT2D eigenvalue weighted by Gasteiger charge is 2.06. The molecule has 0 fully saturated rings. The van der Waals surface area contributed by atoms with E-state index in [-0.39, 0.29) is 12.4 Å². The van der Waals surface area contributed by atoms with E-state index in [1.165, 1.54) is 11.3 Å². The summed E-state index contributed by atoms with van der Waals surface area (Å²) in [6, 6.07) is 0. The maximum absolute atomic E-state index is 4.22. The average Bonchev–Trinajstić information content (AvgIpc) is 2.73. The summed E-state index contributed by atoms with van der Waals surface area (Å²) < 4.78 is 3.73. The summed E-state index contributed by atoms with van der Waals surface area (Å²) in [6.07, 6.45) is 3.76. The van der Waals surface area contributed by atoms with Gasteiger partial charge in [0.05, 0.1) is 12.4 Å². The molecule has 0 aliphatic heterocycles. The van der Waals surface area contributed by atoms with E-state index >= 15 is 0 Å². The van der Waals surface area contributed by atoms with E-state index in [1.807, 2.05) is 42.8 Å². The minimum Gasteiger partial charge on any atom is -0.366 e. The van der Waals surface area contributed by atoms with Gasteiger partial charge in [0.1, 0.15) is 5.82 Å². The monoisotopic (exact) mass is 255 g/mol. The molecular weight excluding hydrogens is 238 g/mol. The van der Waals surface area contributed by atoms with Gasteiger partial charge in [-0.25, -0.2) is 0 Å². The van der Waals surface area contributed by atoms with E-state index in [9.17, 15) is 0 Å². The molecule has 2 heterocycles. The van der Waals surface area contributed by atoms with Crippen LogP contribution in [0.5, 0.6) is 0 Å². The zero-order valence-corrected chi connectivity index (χ0v) is 11.4. The fourth-order valence-electron chi connectivity index (χ4n) is 1.70. The molecule has 6 heteroatoms. The van der Waals surface area contributed by atoms with E-state index in [1.54, 1.807) is 0 Å². The summed E-state index contributed by atoms with van der Waals surface area (Å²) in [4.78, 5) is 0. The van der Waals surface area contributed by atoms with Crippen LogP contribution < -0.4 is 5.32 Å². The molecular formula is C11H18ClN5. The maximum Gasteiger partial charge on any atom is 0.127 e. The van der Waals surface area contributed by atoms with E-state index in [2.05, 4.69) is 22.4 Å². The highest BCUT2D eigenvalue weighted by molar-refractivity contribution is 5.85. The number of rotatable bonds is 3. The number of aryl methyl sites for hydroxylation is 3. The van der Waals surface area contributed by atoms with Crippen LogP contribution in [0.2, 0.25) is 0 Å². The first-order chi connectivity index (χ1) is 7.59. The van der Waals surface area contributed by atoms with Gasteiger partial charge in [-0.1, -0.05) is 0 Å². The second-order valence-corrected chi connectivity index (χ2v) is 4.03. The Balaban J connectivity index is 0.00000144.